The maximum Gasteiger partial charge on any atom is 0.229 e. The molecule has 0 radical (unpaired) electrons. The lowest BCUT2D eigenvalue weighted by atomic mass is 9.97. The van der Waals surface area contributed by atoms with Gasteiger partial charge in [-0.2, -0.15) is 0 Å². The van der Waals surface area contributed by atoms with Crippen molar-refractivity contribution in [3.63, 3.8) is 0 Å². The molecular formula is C21H19BrFN5O. The van der Waals surface area contributed by atoms with Gasteiger partial charge in [0.05, 0.1) is 17.3 Å². The summed E-state index contributed by atoms with van der Waals surface area (Å²) < 4.78 is 14.6. The average molecular weight is 456 g/mol. The summed E-state index contributed by atoms with van der Waals surface area (Å²) in [6.07, 6.45) is 5.06. The molecule has 0 aliphatic carbocycles. The fourth-order valence-corrected chi connectivity index (χ4v) is 3.72. The normalized spacial score (nSPS) is 16.5. The van der Waals surface area contributed by atoms with Crippen molar-refractivity contribution in [1.82, 2.24) is 15.2 Å². The van der Waals surface area contributed by atoms with E-state index in [1.807, 2.05) is 29.2 Å². The van der Waals surface area contributed by atoms with Gasteiger partial charge in [0.1, 0.15) is 5.82 Å². The Labute approximate surface area is 176 Å². The van der Waals surface area contributed by atoms with Crippen LogP contribution in [0.5, 0.6) is 0 Å². The molecule has 0 spiro atoms. The average Bonchev–Trinajstić information content (AvgIpc) is 2.76. The number of piperidine rings is 1. The lowest BCUT2D eigenvalue weighted by Crippen LogP contribution is -2.41. The third-order valence-corrected chi connectivity index (χ3v) is 5.41. The molecule has 1 aromatic carbocycles. The van der Waals surface area contributed by atoms with Crippen molar-refractivity contribution in [2.45, 2.75) is 12.8 Å². The summed E-state index contributed by atoms with van der Waals surface area (Å²) in [5, 5.41) is 11.3. The number of hydrogen-bond donors (Lipinski definition) is 1. The van der Waals surface area contributed by atoms with E-state index in [2.05, 4.69) is 36.4 Å². The molecule has 1 atom stereocenters. The standard InChI is InChI=1S/C21H19BrFN5O/c22-16-5-6-19(17(23)11-16)25-21(29)15-4-2-10-28(13-15)20-8-7-18(26-27-20)14-3-1-9-24-12-14/h1,3,5-9,11-12,15H,2,4,10,13H2,(H,25,29). The molecule has 1 fully saturated rings. The van der Waals surface area contributed by atoms with Crippen molar-refractivity contribution >= 4 is 33.3 Å². The quantitative estimate of drug-likeness (QED) is 0.634. The maximum atomic E-state index is 14.0. The Morgan fingerprint density at radius 2 is 2.10 bits per heavy atom. The molecule has 3 heterocycles. The fourth-order valence-electron chi connectivity index (χ4n) is 3.39. The van der Waals surface area contributed by atoms with Gasteiger partial charge in [-0.15, -0.1) is 10.2 Å². The van der Waals surface area contributed by atoms with Crippen molar-refractivity contribution in [2.24, 2.45) is 5.92 Å². The van der Waals surface area contributed by atoms with Crippen LogP contribution in [0.15, 0.2) is 59.3 Å². The Balaban J connectivity index is 1.43. The van der Waals surface area contributed by atoms with Gasteiger partial charge in [0.2, 0.25) is 5.91 Å². The molecule has 1 amide bonds. The molecule has 1 aliphatic heterocycles. The van der Waals surface area contributed by atoms with Gasteiger partial charge in [-0.25, -0.2) is 4.39 Å². The number of pyridine rings is 1. The molecule has 2 aromatic heterocycles. The third kappa shape index (κ3) is 4.59. The fraction of sp³-hybridized carbons (Fsp3) is 0.238. The lowest BCUT2D eigenvalue weighted by Gasteiger charge is -2.32. The van der Waals surface area contributed by atoms with Gasteiger partial charge < -0.3 is 10.2 Å². The van der Waals surface area contributed by atoms with Crippen LogP contribution in [0.1, 0.15) is 12.8 Å². The van der Waals surface area contributed by atoms with E-state index in [0.29, 0.717) is 11.0 Å². The van der Waals surface area contributed by atoms with Crippen molar-refractivity contribution in [1.29, 1.82) is 0 Å². The maximum absolute atomic E-state index is 14.0. The smallest absolute Gasteiger partial charge is 0.229 e. The summed E-state index contributed by atoms with van der Waals surface area (Å²) in [4.78, 5) is 18.8. The molecule has 8 heteroatoms. The molecular weight excluding hydrogens is 437 g/mol. The van der Waals surface area contributed by atoms with E-state index < -0.39 is 5.82 Å². The number of amides is 1. The van der Waals surface area contributed by atoms with E-state index in [0.717, 1.165) is 36.5 Å². The second kappa shape index (κ2) is 8.65. The zero-order valence-electron chi connectivity index (χ0n) is 15.6. The minimum absolute atomic E-state index is 0.184. The Bertz CT molecular complexity index is 1000. The first-order valence-electron chi connectivity index (χ1n) is 9.35. The SMILES string of the molecule is O=C(Nc1ccc(Br)cc1F)C1CCCN(c2ccc(-c3cccnc3)nn2)C1. The monoisotopic (exact) mass is 455 g/mol. The Hall–Kier alpha value is -2.87. The van der Waals surface area contributed by atoms with Crippen molar-refractivity contribution in [3.8, 4) is 11.3 Å². The molecule has 1 unspecified atom stereocenters. The first-order chi connectivity index (χ1) is 14.1. The predicted octanol–water partition coefficient (Wildman–Crippen LogP) is 4.30. The summed E-state index contributed by atoms with van der Waals surface area (Å²) in [5.74, 6) is -0.162. The number of nitrogens with one attached hydrogen (secondary N) is 1. The van der Waals surface area contributed by atoms with Gasteiger partial charge in [-0.3, -0.25) is 9.78 Å². The van der Waals surface area contributed by atoms with E-state index in [4.69, 9.17) is 0 Å². The molecule has 29 heavy (non-hydrogen) atoms. The lowest BCUT2D eigenvalue weighted by molar-refractivity contribution is -0.120. The third-order valence-electron chi connectivity index (χ3n) is 4.91. The van der Waals surface area contributed by atoms with Gasteiger partial charge in [-0.1, -0.05) is 15.9 Å². The predicted molar refractivity (Wildman–Crippen MR) is 113 cm³/mol. The molecule has 6 nitrogen and oxygen atoms in total. The highest BCUT2D eigenvalue weighted by atomic mass is 79.9. The number of aromatic nitrogens is 3. The van der Waals surface area contributed by atoms with Crippen LogP contribution in [0.2, 0.25) is 0 Å². The van der Waals surface area contributed by atoms with Crippen molar-refractivity contribution in [2.75, 3.05) is 23.3 Å². The van der Waals surface area contributed by atoms with E-state index in [-0.39, 0.29) is 17.5 Å². The minimum Gasteiger partial charge on any atom is -0.354 e. The second-order valence-corrected chi connectivity index (χ2v) is 7.83. The van der Waals surface area contributed by atoms with Crippen molar-refractivity contribution < 1.29 is 9.18 Å². The van der Waals surface area contributed by atoms with E-state index in [1.165, 1.54) is 6.07 Å². The van der Waals surface area contributed by atoms with Crippen LogP contribution in [-0.4, -0.2) is 34.2 Å². The van der Waals surface area contributed by atoms with E-state index in [1.54, 1.807) is 24.5 Å². The number of carbonyl (C=O) groups excluding carboxylic acids is 1. The molecule has 1 N–H and O–H groups in total. The van der Waals surface area contributed by atoms with Crippen LogP contribution in [0.25, 0.3) is 11.3 Å². The number of rotatable bonds is 4. The first kappa shape index (κ1) is 19.4. The van der Waals surface area contributed by atoms with E-state index in [9.17, 15) is 9.18 Å². The van der Waals surface area contributed by atoms with Crippen molar-refractivity contribution in [3.05, 3.63) is 65.1 Å². The molecule has 148 valence electrons. The highest BCUT2D eigenvalue weighted by Gasteiger charge is 2.27. The number of anilines is 2. The number of benzene rings is 1. The van der Waals surface area contributed by atoms with Crippen LogP contribution in [0.3, 0.4) is 0 Å². The largest absolute Gasteiger partial charge is 0.354 e. The molecule has 3 aromatic rings. The summed E-state index contributed by atoms with van der Waals surface area (Å²) in [6, 6.07) is 12.2. The van der Waals surface area contributed by atoms with Crippen LogP contribution < -0.4 is 10.2 Å². The molecule has 0 bridgehead atoms. The molecule has 1 aliphatic rings. The number of hydrogen-bond acceptors (Lipinski definition) is 5. The molecule has 1 saturated heterocycles. The van der Waals surface area contributed by atoms with E-state index >= 15 is 0 Å². The number of carbonyl (C=O) groups is 1. The summed E-state index contributed by atoms with van der Waals surface area (Å²) in [6.45, 7) is 1.32. The summed E-state index contributed by atoms with van der Waals surface area (Å²) in [5.41, 5.74) is 1.84. The highest BCUT2D eigenvalue weighted by molar-refractivity contribution is 9.10. The summed E-state index contributed by atoms with van der Waals surface area (Å²) >= 11 is 3.22. The Morgan fingerprint density at radius 3 is 2.83 bits per heavy atom. The van der Waals surface area contributed by atoms with Gasteiger partial charge in [0.15, 0.2) is 5.82 Å². The minimum atomic E-state index is -0.461. The van der Waals surface area contributed by atoms with Crippen LogP contribution in [0, 0.1) is 11.7 Å². The van der Waals surface area contributed by atoms with Gasteiger partial charge in [0, 0.05) is 35.5 Å². The summed E-state index contributed by atoms with van der Waals surface area (Å²) in [7, 11) is 0. The van der Waals surface area contributed by atoms with Crippen LogP contribution in [0.4, 0.5) is 15.9 Å². The zero-order valence-corrected chi connectivity index (χ0v) is 17.1. The van der Waals surface area contributed by atoms with Gasteiger partial charge in [-0.05, 0) is 55.3 Å². The zero-order chi connectivity index (χ0) is 20.2. The Kier molecular flexibility index (Phi) is 5.80. The molecule has 4 rings (SSSR count). The van der Waals surface area contributed by atoms with Gasteiger partial charge >= 0.3 is 0 Å². The number of halogens is 2. The van der Waals surface area contributed by atoms with Crippen LogP contribution in [-0.2, 0) is 4.79 Å². The Morgan fingerprint density at radius 1 is 1.21 bits per heavy atom. The topological polar surface area (TPSA) is 71.0 Å². The second-order valence-electron chi connectivity index (χ2n) is 6.92. The van der Waals surface area contributed by atoms with Gasteiger partial charge in [0.25, 0.3) is 0 Å². The molecule has 0 saturated carbocycles. The van der Waals surface area contributed by atoms with Crippen LogP contribution >= 0.6 is 15.9 Å². The highest BCUT2D eigenvalue weighted by Crippen LogP contribution is 2.25. The number of nitrogens with zero attached hydrogens (tertiary/aromatic N) is 4. The first-order valence-corrected chi connectivity index (χ1v) is 10.1.